The van der Waals surface area contributed by atoms with Gasteiger partial charge in [-0.1, -0.05) is 48.5 Å². The molecule has 1 amide bonds. The molecule has 25 heavy (non-hydrogen) atoms. The zero-order valence-corrected chi connectivity index (χ0v) is 16.0. The van der Waals surface area contributed by atoms with Crippen molar-refractivity contribution in [2.45, 2.75) is 34.1 Å². The molecule has 0 spiro atoms. The molecule has 0 unspecified atom stereocenters. The number of quaternary nitrogens is 1. The fourth-order valence-electron chi connectivity index (χ4n) is 3.35. The third kappa shape index (κ3) is 5.17. The highest BCUT2D eigenvalue weighted by Crippen LogP contribution is 2.20. The van der Waals surface area contributed by atoms with Crippen molar-refractivity contribution in [1.82, 2.24) is 0 Å². The number of carbonyl (C=O) groups is 1. The third-order valence-corrected chi connectivity index (χ3v) is 5.28. The van der Waals surface area contributed by atoms with Gasteiger partial charge in [0, 0.05) is 12.1 Å². The van der Waals surface area contributed by atoms with Crippen LogP contribution in [0.5, 0.6) is 0 Å². The van der Waals surface area contributed by atoms with Crippen molar-refractivity contribution in [3.8, 4) is 0 Å². The molecule has 0 fully saturated rings. The molecule has 0 bridgehead atoms. The van der Waals surface area contributed by atoms with E-state index in [0.717, 1.165) is 47.4 Å². The van der Waals surface area contributed by atoms with Gasteiger partial charge < -0.3 is 9.80 Å². The summed E-state index contributed by atoms with van der Waals surface area (Å²) in [6, 6.07) is 16.6. The normalized spacial score (nSPS) is 11.4. The minimum absolute atomic E-state index is 0.106. The molecule has 0 aliphatic rings. The predicted octanol–water partition coefficient (Wildman–Crippen LogP) is 4.34. The molecule has 134 valence electrons. The fraction of sp³-hybridized carbons (Fsp3) is 0.409. The van der Waals surface area contributed by atoms with Crippen LogP contribution >= 0.6 is 0 Å². The van der Waals surface area contributed by atoms with Gasteiger partial charge in [0.15, 0.2) is 6.54 Å². The number of amides is 1. The summed E-state index contributed by atoms with van der Waals surface area (Å²) in [5.74, 6) is 0.106. The number of nitrogens with zero attached hydrogens (tertiary/aromatic N) is 1. The van der Waals surface area contributed by atoms with Crippen molar-refractivity contribution in [2.75, 3.05) is 31.5 Å². The van der Waals surface area contributed by atoms with Crippen molar-refractivity contribution in [2.24, 2.45) is 0 Å². The number of hydrogen-bond donors (Lipinski definition) is 1. The Morgan fingerprint density at radius 2 is 1.52 bits per heavy atom. The van der Waals surface area contributed by atoms with Crippen molar-refractivity contribution >= 4 is 11.6 Å². The maximum absolute atomic E-state index is 12.7. The van der Waals surface area contributed by atoms with Crippen molar-refractivity contribution in [3.63, 3.8) is 0 Å². The molecule has 2 aromatic rings. The lowest BCUT2D eigenvalue weighted by Gasteiger charge is -2.36. The van der Waals surface area contributed by atoms with Crippen LogP contribution in [-0.4, -0.2) is 36.6 Å². The maximum atomic E-state index is 12.7. The van der Waals surface area contributed by atoms with E-state index in [2.05, 4.69) is 43.4 Å². The Balaban J connectivity index is 2.05. The van der Waals surface area contributed by atoms with Crippen LogP contribution in [0.3, 0.4) is 0 Å². The molecule has 0 radical (unpaired) electrons. The summed E-state index contributed by atoms with van der Waals surface area (Å²) in [5, 5.41) is 3.15. The molecular formula is C22H31N2O+. The van der Waals surface area contributed by atoms with Gasteiger partial charge in [-0.05, 0) is 44.4 Å². The molecule has 2 aromatic carbocycles. The second kappa shape index (κ2) is 8.82. The number of carbonyl (C=O) groups excluding carboxylic acids is 1. The van der Waals surface area contributed by atoms with Crippen LogP contribution in [0.15, 0.2) is 48.5 Å². The number of hydrogen-bond acceptors (Lipinski definition) is 1. The summed E-state index contributed by atoms with van der Waals surface area (Å²) < 4.78 is 0.811. The summed E-state index contributed by atoms with van der Waals surface area (Å²) in [6.07, 6.45) is 0.999. The van der Waals surface area contributed by atoms with Gasteiger partial charge in [0.05, 0.1) is 19.6 Å². The van der Waals surface area contributed by atoms with Crippen molar-refractivity contribution < 1.29 is 9.28 Å². The summed E-state index contributed by atoms with van der Waals surface area (Å²) in [7, 11) is 0. The number of aryl methyl sites for hydroxylation is 2. The van der Waals surface area contributed by atoms with E-state index in [1.54, 1.807) is 0 Å². The SMILES string of the molecule is CC[N+](CC)(CCc1ccccc1)CC(=O)Nc1c(C)cccc1C. The summed E-state index contributed by atoms with van der Waals surface area (Å²) in [6.45, 7) is 11.9. The van der Waals surface area contributed by atoms with E-state index >= 15 is 0 Å². The minimum Gasteiger partial charge on any atom is -0.321 e. The van der Waals surface area contributed by atoms with E-state index in [1.165, 1.54) is 5.56 Å². The largest absolute Gasteiger partial charge is 0.321 e. The second-order valence-electron chi connectivity index (χ2n) is 6.91. The van der Waals surface area contributed by atoms with E-state index in [0.29, 0.717) is 6.54 Å². The maximum Gasteiger partial charge on any atom is 0.279 e. The highest BCUT2D eigenvalue weighted by Gasteiger charge is 2.27. The Morgan fingerprint density at radius 1 is 0.920 bits per heavy atom. The Bertz CT molecular complexity index is 670. The molecule has 0 atom stereocenters. The van der Waals surface area contributed by atoms with E-state index in [-0.39, 0.29) is 5.91 Å². The highest BCUT2D eigenvalue weighted by atomic mass is 16.2. The van der Waals surface area contributed by atoms with Gasteiger partial charge in [-0.25, -0.2) is 0 Å². The first-order chi connectivity index (χ1) is 12.0. The highest BCUT2D eigenvalue weighted by molar-refractivity contribution is 5.93. The number of rotatable bonds is 8. The first-order valence-corrected chi connectivity index (χ1v) is 9.25. The van der Waals surface area contributed by atoms with Crippen LogP contribution in [0.25, 0.3) is 0 Å². The van der Waals surface area contributed by atoms with Gasteiger partial charge in [-0.2, -0.15) is 0 Å². The van der Waals surface area contributed by atoms with Gasteiger partial charge in [0.1, 0.15) is 0 Å². The number of anilines is 1. The number of likely N-dealkylation sites (N-methyl/N-ethyl adjacent to an activating group) is 1. The predicted molar refractivity (Wildman–Crippen MR) is 106 cm³/mol. The quantitative estimate of drug-likeness (QED) is 0.712. The monoisotopic (exact) mass is 339 g/mol. The van der Waals surface area contributed by atoms with Crippen LogP contribution in [-0.2, 0) is 11.2 Å². The van der Waals surface area contributed by atoms with Crippen LogP contribution in [0.1, 0.15) is 30.5 Å². The zero-order valence-electron chi connectivity index (χ0n) is 16.0. The number of para-hydroxylation sites is 1. The van der Waals surface area contributed by atoms with Crippen LogP contribution < -0.4 is 5.32 Å². The fourth-order valence-corrected chi connectivity index (χ4v) is 3.35. The lowest BCUT2D eigenvalue weighted by molar-refractivity contribution is -0.917. The van der Waals surface area contributed by atoms with Gasteiger partial charge >= 0.3 is 0 Å². The van der Waals surface area contributed by atoms with Gasteiger partial charge in [0.2, 0.25) is 0 Å². The van der Waals surface area contributed by atoms with Crippen LogP contribution in [0.2, 0.25) is 0 Å². The molecule has 0 aromatic heterocycles. The molecule has 0 saturated heterocycles. The third-order valence-electron chi connectivity index (χ3n) is 5.28. The molecule has 0 aliphatic carbocycles. The summed E-state index contributed by atoms with van der Waals surface area (Å²) >= 11 is 0. The summed E-state index contributed by atoms with van der Waals surface area (Å²) in [5.41, 5.74) is 4.52. The Labute approximate surface area is 152 Å². The topological polar surface area (TPSA) is 29.1 Å². The Morgan fingerprint density at radius 3 is 2.08 bits per heavy atom. The first-order valence-electron chi connectivity index (χ1n) is 9.25. The first kappa shape index (κ1) is 19.2. The smallest absolute Gasteiger partial charge is 0.279 e. The van der Waals surface area contributed by atoms with E-state index < -0.39 is 0 Å². The Kier molecular flexibility index (Phi) is 6.77. The van der Waals surface area contributed by atoms with E-state index in [9.17, 15) is 4.79 Å². The van der Waals surface area contributed by atoms with Gasteiger partial charge in [0.25, 0.3) is 5.91 Å². The molecular weight excluding hydrogens is 308 g/mol. The average molecular weight is 340 g/mol. The molecule has 3 heteroatoms. The molecule has 1 N–H and O–H groups in total. The van der Waals surface area contributed by atoms with Gasteiger partial charge in [-0.3, -0.25) is 4.79 Å². The van der Waals surface area contributed by atoms with Crippen LogP contribution in [0.4, 0.5) is 5.69 Å². The minimum atomic E-state index is 0.106. The van der Waals surface area contributed by atoms with Crippen LogP contribution in [0, 0.1) is 13.8 Å². The lowest BCUT2D eigenvalue weighted by Crippen LogP contribution is -2.53. The summed E-state index contributed by atoms with van der Waals surface area (Å²) in [4.78, 5) is 12.7. The standard InChI is InChI=1S/C22H30N2O/c1-5-24(6-2,16-15-20-13-8-7-9-14-20)17-21(25)23-22-18(3)11-10-12-19(22)4/h7-14H,5-6,15-17H2,1-4H3/p+1. The Hall–Kier alpha value is -2.13. The second-order valence-corrected chi connectivity index (χ2v) is 6.91. The van der Waals surface area contributed by atoms with Gasteiger partial charge in [-0.15, -0.1) is 0 Å². The van der Waals surface area contributed by atoms with Crippen molar-refractivity contribution in [1.29, 1.82) is 0 Å². The molecule has 0 aliphatic heterocycles. The number of nitrogens with one attached hydrogen (secondary N) is 1. The molecule has 0 heterocycles. The molecule has 3 nitrogen and oxygen atoms in total. The molecule has 0 saturated carbocycles. The molecule has 2 rings (SSSR count). The average Bonchev–Trinajstić information content (AvgIpc) is 2.63. The number of benzene rings is 2. The lowest BCUT2D eigenvalue weighted by atomic mass is 10.1. The van der Waals surface area contributed by atoms with E-state index in [4.69, 9.17) is 0 Å². The van der Waals surface area contributed by atoms with E-state index in [1.807, 2.05) is 38.1 Å². The van der Waals surface area contributed by atoms with Crippen molar-refractivity contribution in [3.05, 3.63) is 65.2 Å². The zero-order chi connectivity index (χ0) is 18.3.